The van der Waals surface area contributed by atoms with Crippen LogP contribution in [0.5, 0.6) is 0 Å². The largest absolute Gasteiger partial charge is 0.378 e. The Morgan fingerprint density at radius 3 is 2.94 bits per heavy atom. The molecule has 1 aromatic rings. The molecule has 3 atom stereocenters. The Hall–Kier alpha value is -1.01. The third-order valence-corrected chi connectivity index (χ3v) is 3.56. The van der Waals surface area contributed by atoms with Crippen molar-refractivity contribution in [2.75, 3.05) is 13.2 Å². The number of hydrogen-bond donors (Lipinski definition) is 1. The Bertz CT molecular complexity index is 367. The standard InChI is InChI=1S/C12H23N5O/c1-4-6-13-11(10-5-7-18-9(10)2)8-12-14-16-17(3)15-12/h9-11,13H,4-8H2,1-3H3. The van der Waals surface area contributed by atoms with Crippen molar-refractivity contribution in [1.82, 2.24) is 25.5 Å². The molecule has 1 N–H and O–H groups in total. The summed E-state index contributed by atoms with van der Waals surface area (Å²) in [7, 11) is 1.80. The van der Waals surface area contributed by atoms with Crippen molar-refractivity contribution in [3.63, 3.8) is 0 Å². The zero-order valence-corrected chi connectivity index (χ0v) is 11.5. The minimum absolute atomic E-state index is 0.316. The van der Waals surface area contributed by atoms with Crippen molar-refractivity contribution in [1.29, 1.82) is 0 Å². The van der Waals surface area contributed by atoms with E-state index in [4.69, 9.17) is 4.74 Å². The highest BCUT2D eigenvalue weighted by Gasteiger charge is 2.32. The van der Waals surface area contributed by atoms with Crippen molar-refractivity contribution < 1.29 is 4.74 Å². The third-order valence-electron chi connectivity index (χ3n) is 3.56. The molecule has 102 valence electrons. The number of aryl methyl sites for hydroxylation is 1. The molecule has 6 heteroatoms. The van der Waals surface area contributed by atoms with Crippen LogP contribution in [0.25, 0.3) is 0 Å². The Morgan fingerprint density at radius 2 is 2.39 bits per heavy atom. The Kier molecular flexibility index (Phi) is 4.66. The molecule has 2 heterocycles. The van der Waals surface area contributed by atoms with Crippen LogP contribution >= 0.6 is 0 Å². The fraction of sp³-hybridized carbons (Fsp3) is 0.917. The average Bonchev–Trinajstić information content (AvgIpc) is 2.93. The minimum atomic E-state index is 0.316. The van der Waals surface area contributed by atoms with Gasteiger partial charge in [-0.25, -0.2) is 0 Å². The summed E-state index contributed by atoms with van der Waals surface area (Å²) in [6.07, 6.45) is 3.39. The summed E-state index contributed by atoms with van der Waals surface area (Å²) >= 11 is 0. The molecule has 0 aromatic carbocycles. The van der Waals surface area contributed by atoms with E-state index in [9.17, 15) is 0 Å². The molecule has 1 aliphatic heterocycles. The molecule has 18 heavy (non-hydrogen) atoms. The molecule has 0 bridgehead atoms. The van der Waals surface area contributed by atoms with Crippen LogP contribution in [0.3, 0.4) is 0 Å². The number of nitrogens with one attached hydrogen (secondary N) is 1. The molecule has 1 saturated heterocycles. The first-order chi connectivity index (χ1) is 8.70. The SMILES string of the molecule is CCCNC(Cc1nnn(C)n1)C1CCOC1C. The van der Waals surface area contributed by atoms with E-state index in [1.54, 1.807) is 7.05 Å². The van der Waals surface area contributed by atoms with Crippen molar-refractivity contribution in [3.05, 3.63) is 5.82 Å². The van der Waals surface area contributed by atoms with Gasteiger partial charge >= 0.3 is 0 Å². The first-order valence-corrected chi connectivity index (χ1v) is 6.78. The van der Waals surface area contributed by atoms with Gasteiger partial charge in [0.25, 0.3) is 0 Å². The summed E-state index contributed by atoms with van der Waals surface area (Å²) in [6, 6.07) is 0.381. The maximum Gasteiger partial charge on any atom is 0.176 e. The quantitative estimate of drug-likeness (QED) is 0.802. The number of aromatic nitrogens is 4. The summed E-state index contributed by atoms with van der Waals surface area (Å²) in [5.74, 6) is 1.35. The molecular weight excluding hydrogens is 230 g/mol. The lowest BCUT2D eigenvalue weighted by atomic mass is 9.91. The molecule has 2 rings (SSSR count). The van der Waals surface area contributed by atoms with E-state index in [0.29, 0.717) is 18.1 Å². The van der Waals surface area contributed by atoms with E-state index < -0.39 is 0 Å². The summed E-state index contributed by atoms with van der Waals surface area (Å²) in [4.78, 5) is 1.51. The second kappa shape index (κ2) is 6.24. The van der Waals surface area contributed by atoms with Gasteiger partial charge in [-0.05, 0) is 31.5 Å². The van der Waals surface area contributed by atoms with Crippen LogP contribution in [0.2, 0.25) is 0 Å². The molecule has 0 amide bonds. The molecule has 0 aliphatic carbocycles. The van der Waals surface area contributed by atoms with Crippen molar-refractivity contribution in [2.45, 2.75) is 45.3 Å². The average molecular weight is 253 g/mol. The maximum atomic E-state index is 5.67. The first kappa shape index (κ1) is 13.4. The molecule has 1 aromatic heterocycles. The van der Waals surface area contributed by atoms with Crippen LogP contribution in [-0.2, 0) is 18.2 Å². The van der Waals surface area contributed by atoms with Crippen LogP contribution < -0.4 is 5.32 Å². The van der Waals surface area contributed by atoms with Gasteiger partial charge in [-0.1, -0.05) is 6.92 Å². The normalized spacial score (nSPS) is 25.5. The second-order valence-corrected chi connectivity index (χ2v) is 4.99. The molecule has 1 fully saturated rings. The predicted octanol–water partition coefficient (Wildman–Crippen LogP) is 0.546. The molecule has 3 unspecified atom stereocenters. The number of nitrogens with zero attached hydrogens (tertiary/aromatic N) is 4. The summed E-state index contributed by atoms with van der Waals surface area (Å²) in [5, 5.41) is 15.8. The lowest BCUT2D eigenvalue weighted by Gasteiger charge is -2.25. The van der Waals surface area contributed by atoms with Crippen LogP contribution in [-0.4, -0.2) is 45.5 Å². The summed E-state index contributed by atoms with van der Waals surface area (Å²) in [6.45, 7) is 6.22. The van der Waals surface area contributed by atoms with Crippen LogP contribution in [0.1, 0.15) is 32.5 Å². The summed E-state index contributed by atoms with van der Waals surface area (Å²) < 4.78 is 5.67. The van der Waals surface area contributed by atoms with E-state index in [1.807, 2.05) is 0 Å². The van der Waals surface area contributed by atoms with E-state index in [2.05, 4.69) is 34.6 Å². The minimum Gasteiger partial charge on any atom is -0.378 e. The summed E-state index contributed by atoms with van der Waals surface area (Å²) in [5.41, 5.74) is 0. The van der Waals surface area contributed by atoms with E-state index >= 15 is 0 Å². The Balaban J connectivity index is 2.00. The lowest BCUT2D eigenvalue weighted by Crippen LogP contribution is -2.41. The van der Waals surface area contributed by atoms with E-state index in [-0.39, 0.29) is 0 Å². The molecule has 6 nitrogen and oxygen atoms in total. The Labute approximate surface area is 108 Å². The van der Waals surface area contributed by atoms with Crippen LogP contribution in [0, 0.1) is 5.92 Å². The van der Waals surface area contributed by atoms with Gasteiger partial charge in [0.05, 0.1) is 13.2 Å². The highest BCUT2D eigenvalue weighted by Crippen LogP contribution is 2.25. The first-order valence-electron chi connectivity index (χ1n) is 6.78. The molecule has 1 aliphatic rings. The van der Waals surface area contributed by atoms with Crippen molar-refractivity contribution in [2.24, 2.45) is 13.0 Å². The van der Waals surface area contributed by atoms with Gasteiger partial charge in [0.15, 0.2) is 5.82 Å². The molecule has 0 radical (unpaired) electrons. The van der Waals surface area contributed by atoms with Crippen LogP contribution in [0.4, 0.5) is 0 Å². The van der Waals surface area contributed by atoms with Gasteiger partial charge in [0.1, 0.15) is 0 Å². The predicted molar refractivity (Wildman–Crippen MR) is 68.1 cm³/mol. The fourth-order valence-electron chi connectivity index (χ4n) is 2.58. The molecule has 0 spiro atoms. The number of ether oxygens (including phenoxy) is 1. The van der Waals surface area contributed by atoms with Gasteiger partial charge in [-0.15, -0.1) is 10.2 Å². The number of tetrazole rings is 1. The number of hydrogen-bond acceptors (Lipinski definition) is 5. The molecular formula is C12H23N5O. The second-order valence-electron chi connectivity index (χ2n) is 4.99. The van der Waals surface area contributed by atoms with Gasteiger partial charge < -0.3 is 10.1 Å². The van der Waals surface area contributed by atoms with Crippen LogP contribution in [0.15, 0.2) is 0 Å². The zero-order chi connectivity index (χ0) is 13.0. The van der Waals surface area contributed by atoms with E-state index in [1.165, 1.54) is 4.80 Å². The maximum absolute atomic E-state index is 5.67. The third kappa shape index (κ3) is 3.26. The topological polar surface area (TPSA) is 64.9 Å². The van der Waals surface area contributed by atoms with E-state index in [0.717, 1.165) is 38.2 Å². The molecule has 0 saturated carbocycles. The smallest absolute Gasteiger partial charge is 0.176 e. The fourth-order valence-corrected chi connectivity index (χ4v) is 2.58. The lowest BCUT2D eigenvalue weighted by molar-refractivity contribution is 0.0951. The number of rotatable bonds is 6. The Morgan fingerprint density at radius 1 is 1.56 bits per heavy atom. The van der Waals surface area contributed by atoms with Gasteiger partial charge in [0, 0.05) is 25.0 Å². The van der Waals surface area contributed by atoms with Gasteiger partial charge in [0.2, 0.25) is 0 Å². The van der Waals surface area contributed by atoms with Gasteiger partial charge in [-0.3, -0.25) is 0 Å². The zero-order valence-electron chi connectivity index (χ0n) is 11.5. The van der Waals surface area contributed by atoms with Gasteiger partial charge in [-0.2, -0.15) is 4.80 Å². The van der Waals surface area contributed by atoms with Crippen molar-refractivity contribution in [3.8, 4) is 0 Å². The van der Waals surface area contributed by atoms with Crippen molar-refractivity contribution >= 4 is 0 Å². The highest BCUT2D eigenvalue weighted by molar-refractivity contribution is 4.92. The highest BCUT2D eigenvalue weighted by atomic mass is 16.5. The monoisotopic (exact) mass is 253 g/mol.